The lowest BCUT2D eigenvalue weighted by Crippen LogP contribution is -2.63. The van der Waals surface area contributed by atoms with Crippen molar-refractivity contribution in [2.75, 3.05) is 29.9 Å². The van der Waals surface area contributed by atoms with Gasteiger partial charge in [0.2, 0.25) is 0 Å². The minimum absolute atomic E-state index is 0.0365. The number of carbonyl (C=O) groups excluding carboxylic acids is 1. The van der Waals surface area contributed by atoms with Crippen LogP contribution in [0.15, 0.2) is 42.6 Å². The number of pyridine rings is 1. The van der Waals surface area contributed by atoms with E-state index in [1.807, 2.05) is 0 Å². The van der Waals surface area contributed by atoms with Gasteiger partial charge in [0, 0.05) is 37.6 Å². The molecule has 2 aromatic rings. The molecular formula is C22H18F12N4O. The van der Waals surface area contributed by atoms with Crippen LogP contribution in [0.4, 0.5) is 69.0 Å². The topological polar surface area (TPSA) is 48.5 Å². The predicted molar refractivity (Wildman–Crippen MR) is 113 cm³/mol. The average molecular weight is 582 g/mol. The van der Waals surface area contributed by atoms with Crippen molar-refractivity contribution in [2.24, 2.45) is 0 Å². The summed E-state index contributed by atoms with van der Waals surface area (Å²) in [5.41, 5.74) is -9.72. The average Bonchev–Trinajstić information content (AvgIpc) is 2.77. The van der Waals surface area contributed by atoms with Crippen LogP contribution in [-0.4, -0.2) is 60.1 Å². The van der Waals surface area contributed by atoms with Gasteiger partial charge in [-0.3, -0.25) is 0 Å². The first-order chi connectivity index (χ1) is 17.7. The number of piperazine rings is 1. The van der Waals surface area contributed by atoms with Gasteiger partial charge >= 0.3 is 30.7 Å². The minimum Gasteiger partial charge on any atom is -0.352 e. The van der Waals surface area contributed by atoms with Crippen LogP contribution in [0, 0.1) is 0 Å². The normalized spacial score (nSPS) is 17.8. The number of carbonyl (C=O) groups is 1. The smallest absolute Gasteiger partial charge is 0.352 e. The van der Waals surface area contributed by atoms with E-state index in [2.05, 4.69) is 10.3 Å². The number of rotatable bonds is 3. The highest BCUT2D eigenvalue weighted by atomic mass is 19.4. The molecule has 0 aliphatic carbocycles. The third-order valence-electron chi connectivity index (χ3n) is 6.12. The maximum Gasteiger partial charge on any atom is 0.419 e. The lowest BCUT2D eigenvalue weighted by Gasteiger charge is -2.41. The maximum absolute atomic E-state index is 13.3. The quantitative estimate of drug-likeness (QED) is 0.407. The van der Waals surface area contributed by atoms with Crippen LogP contribution < -0.4 is 10.2 Å². The molecule has 216 valence electrons. The standard InChI is InChI=1S/C22H18F12N4O/c1-12-11-37(16-15(19(23,24)25)3-2-8-35-16)9-10-38(12)17(39)36-14-6-4-13(5-7-14)18(20(26,27)28,21(29,30)31)22(32,33)34/h2-8,12H,9-11H2,1H3,(H,36,39)/t12-/m1/s1. The second-order valence-corrected chi connectivity index (χ2v) is 8.61. The highest BCUT2D eigenvalue weighted by Crippen LogP contribution is 2.60. The van der Waals surface area contributed by atoms with E-state index < -0.39 is 59.0 Å². The van der Waals surface area contributed by atoms with Crippen molar-refractivity contribution >= 4 is 17.5 Å². The zero-order chi connectivity index (χ0) is 29.6. The number of hydrogen-bond donors (Lipinski definition) is 1. The zero-order valence-electron chi connectivity index (χ0n) is 19.5. The van der Waals surface area contributed by atoms with E-state index in [0.717, 1.165) is 23.2 Å². The molecule has 1 N–H and O–H groups in total. The van der Waals surface area contributed by atoms with Crippen molar-refractivity contribution in [1.29, 1.82) is 0 Å². The fourth-order valence-electron chi connectivity index (χ4n) is 4.29. The number of halogens is 12. The van der Waals surface area contributed by atoms with Crippen LogP contribution in [0.3, 0.4) is 0 Å². The number of benzene rings is 1. The lowest BCUT2D eigenvalue weighted by molar-refractivity contribution is -0.387. The first kappa shape index (κ1) is 30.1. The molecule has 1 aliphatic heterocycles. The monoisotopic (exact) mass is 582 g/mol. The van der Waals surface area contributed by atoms with Gasteiger partial charge in [-0.25, -0.2) is 9.78 Å². The Labute approximate surface area is 212 Å². The molecule has 3 rings (SSSR count). The Bertz CT molecular complexity index is 1140. The molecular weight excluding hydrogens is 564 g/mol. The van der Waals surface area contributed by atoms with Gasteiger partial charge in [0.05, 0.1) is 5.56 Å². The summed E-state index contributed by atoms with van der Waals surface area (Å²) in [7, 11) is 0. The Morgan fingerprint density at radius 2 is 1.38 bits per heavy atom. The number of urea groups is 1. The van der Waals surface area contributed by atoms with Crippen molar-refractivity contribution in [3.63, 3.8) is 0 Å². The van der Waals surface area contributed by atoms with Crippen LogP contribution in [0.1, 0.15) is 18.1 Å². The molecule has 0 unspecified atom stereocenters. The van der Waals surface area contributed by atoms with E-state index >= 15 is 0 Å². The van der Waals surface area contributed by atoms with E-state index in [1.165, 1.54) is 11.8 Å². The number of anilines is 2. The molecule has 0 bridgehead atoms. The van der Waals surface area contributed by atoms with Crippen molar-refractivity contribution in [3.05, 3.63) is 53.7 Å². The second kappa shape index (κ2) is 9.97. The second-order valence-electron chi connectivity index (χ2n) is 8.61. The molecule has 2 amide bonds. The van der Waals surface area contributed by atoms with Crippen molar-refractivity contribution in [2.45, 2.75) is 43.1 Å². The number of nitrogens with zero attached hydrogens (tertiary/aromatic N) is 3. The van der Waals surface area contributed by atoms with Crippen LogP contribution in [0.5, 0.6) is 0 Å². The fourth-order valence-corrected chi connectivity index (χ4v) is 4.29. The number of amides is 2. The molecule has 1 atom stereocenters. The first-order valence-corrected chi connectivity index (χ1v) is 10.9. The van der Waals surface area contributed by atoms with E-state index in [4.69, 9.17) is 0 Å². The predicted octanol–water partition coefficient (Wildman–Crippen LogP) is 6.77. The fraction of sp³-hybridized carbons (Fsp3) is 0.455. The molecule has 39 heavy (non-hydrogen) atoms. The van der Waals surface area contributed by atoms with Crippen molar-refractivity contribution in [1.82, 2.24) is 9.88 Å². The molecule has 1 saturated heterocycles. The molecule has 1 fully saturated rings. The van der Waals surface area contributed by atoms with Crippen LogP contribution in [0.2, 0.25) is 0 Å². The highest BCUT2D eigenvalue weighted by Gasteiger charge is 2.84. The van der Waals surface area contributed by atoms with E-state index in [0.29, 0.717) is 12.1 Å². The Kier molecular flexibility index (Phi) is 7.70. The number of aromatic nitrogens is 1. The van der Waals surface area contributed by atoms with Gasteiger partial charge in [-0.1, -0.05) is 12.1 Å². The van der Waals surface area contributed by atoms with Gasteiger partial charge in [0.15, 0.2) is 0 Å². The summed E-state index contributed by atoms with van der Waals surface area (Å²) in [5, 5.41) is 2.16. The SMILES string of the molecule is C[C@@H]1CN(c2ncccc2C(F)(F)F)CCN1C(=O)Nc1ccc(C(C(F)(F)F)(C(F)(F)F)C(F)(F)F)cc1. The number of nitrogens with one attached hydrogen (secondary N) is 1. The van der Waals surface area contributed by atoms with Crippen molar-refractivity contribution < 1.29 is 57.5 Å². The summed E-state index contributed by atoms with van der Waals surface area (Å²) < 4.78 is 160. The van der Waals surface area contributed by atoms with E-state index in [1.54, 1.807) is 0 Å². The van der Waals surface area contributed by atoms with Crippen LogP contribution in [0.25, 0.3) is 0 Å². The largest absolute Gasteiger partial charge is 0.419 e. The summed E-state index contributed by atoms with van der Waals surface area (Å²) in [6.45, 7) is 1.09. The summed E-state index contributed by atoms with van der Waals surface area (Å²) in [6, 6.07) is 1.10. The highest BCUT2D eigenvalue weighted by molar-refractivity contribution is 5.89. The summed E-state index contributed by atoms with van der Waals surface area (Å²) in [6.07, 6.45) is -23.9. The zero-order valence-corrected chi connectivity index (χ0v) is 19.5. The third-order valence-corrected chi connectivity index (χ3v) is 6.12. The molecule has 1 aromatic carbocycles. The van der Waals surface area contributed by atoms with Gasteiger partial charge in [-0.15, -0.1) is 0 Å². The lowest BCUT2D eigenvalue weighted by atomic mass is 9.78. The van der Waals surface area contributed by atoms with Crippen LogP contribution in [-0.2, 0) is 11.6 Å². The number of alkyl halides is 12. The minimum atomic E-state index is -6.79. The van der Waals surface area contributed by atoms with Gasteiger partial charge in [-0.05, 0) is 36.8 Å². The van der Waals surface area contributed by atoms with Crippen molar-refractivity contribution in [3.8, 4) is 0 Å². The molecule has 2 heterocycles. The number of hydrogen-bond acceptors (Lipinski definition) is 3. The molecule has 0 spiro atoms. The summed E-state index contributed by atoms with van der Waals surface area (Å²) in [5.74, 6) is -0.366. The molecule has 17 heteroatoms. The van der Waals surface area contributed by atoms with E-state index in [-0.39, 0.29) is 37.6 Å². The molecule has 1 aliphatic rings. The Balaban J connectivity index is 1.79. The Hall–Kier alpha value is -3.40. The van der Waals surface area contributed by atoms with Crippen LogP contribution >= 0.6 is 0 Å². The first-order valence-electron chi connectivity index (χ1n) is 10.9. The van der Waals surface area contributed by atoms with Gasteiger partial charge < -0.3 is 15.1 Å². The van der Waals surface area contributed by atoms with E-state index in [9.17, 15) is 57.5 Å². The molecule has 1 aromatic heterocycles. The Morgan fingerprint density at radius 1 is 0.846 bits per heavy atom. The summed E-state index contributed by atoms with van der Waals surface area (Å²) >= 11 is 0. The third kappa shape index (κ3) is 5.52. The van der Waals surface area contributed by atoms with Gasteiger partial charge in [0.25, 0.3) is 5.41 Å². The Morgan fingerprint density at radius 3 is 1.85 bits per heavy atom. The maximum atomic E-state index is 13.3. The molecule has 0 saturated carbocycles. The molecule has 0 radical (unpaired) electrons. The molecule has 5 nitrogen and oxygen atoms in total. The van der Waals surface area contributed by atoms with Gasteiger partial charge in [-0.2, -0.15) is 52.7 Å². The summed E-state index contributed by atoms with van der Waals surface area (Å²) in [4.78, 5) is 18.9. The van der Waals surface area contributed by atoms with Gasteiger partial charge in [0.1, 0.15) is 5.82 Å².